The SMILES string of the molecule is COc1ccc(CC(=O)N/N=C\C23c4ccccc4C(c4ccccc42)[C@H]2C(=O)N(c4ccc(Br)cc4)C(=O)[C@H]23)cc1. The minimum absolute atomic E-state index is 0.129. The molecule has 3 amide bonds. The Bertz CT molecular complexity index is 1720. The molecule has 1 saturated heterocycles. The highest BCUT2D eigenvalue weighted by Crippen LogP contribution is 2.63. The lowest BCUT2D eigenvalue weighted by Crippen LogP contribution is -2.54. The summed E-state index contributed by atoms with van der Waals surface area (Å²) in [6, 6.07) is 30.4. The van der Waals surface area contributed by atoms with Crippen molar-refractivity contribution in [2.75, 3.05) is 12.0 Å². The van der Waals surface area contributed by atoms with Crippen LogP contribution in [0.2, 0.25) is 0 Å². The van der Waals surface area contributed by atoms with Crippen LogP contribution in [0.1, 0.15) is 33.7 Å². The Morgan fingerprint density at radius 1 is 0.905 bits per heavy atom. The van der Waals surface area contributed by atoms with Gasteiger partial charge in [0.1, 0.15) is 5.75 Å². The molecule has 0 aromatic heterocycles. The number of nitrogens with one attached hydrogen (secondary N) is 1. The van der Waals surface area contributed by atoms with Gasteiger partial charge in [0, 0.05) is 16.6 Å². The molecule has 4 aromatic carbocycles. The molecule has 1 aliphatic heterocycles. The van der Waals surface area contributed by atoms with Crippen LogP contribution in [0.5, 0.6) is 5.75 Å². The maximum absolute atomic E-state index is 14.4. The molecule has 0 radical (unpaired) electrons. The second-order valence-corrected chi connectivity index (χ2v) is 11.7. The van der Waals surface area contributed by atoms with Crippen molar-refractivity contribution in [2.24, 2.45) is 16.9 Å². The first-order valence-electron chi connectivity index (χ1n) is 13.7. The van der Waals surface area contributed by atoms with E-state index < -0.39 is 17.3 Å². The molecule has 2 atom stereocenters. The number of methoxy groups -OCH3 is 1. The molecular formula is C34H26BrN3O4. The van der Waals surface area contributed by atoms with Gasteiger partial charge in [-0.2, -0.15) is 5.10 Å². The smallest absolute Gasteiger partial charge is 0.244 e. The fourth-order valence-corrected chi connectivity index (χ4v) is 7.33. The van der Waals surface area contributed by atoms with Crippen LogP contribution in [0.25, 0.3) is 0 Å². The molecule has 3 aliphatic carbocycles. The van der Waals surface area contributed by atoms with Crippen LogP contribution in [0.4, 0.5) is 5.69 Å². The van der Waals surface area contributed by atoms with Gasteiger partial charge in [-0.25, -0.2) is 10.3 Å². The number of anilines is 1. The van der Waals surface area contributed by atoms with E-state index >= 15 is 0 Å². The van der Waals surface area contributed by atoms with Gasteiger partial charge in [-0.1, -0.05) is 76.6 Å². The predicted octanol–water partition coefficient (Wildman–Crippen LogP) is 5.35. The highest BCUT2D eigenvalue weighted by atomic mass is 79.9. The summed E-state index contributed by atoms with van der Waals surface area (Å²) in [5, 5.41) is 4.48. The van der Waals surface area contributed by atoms with Crippen LogP contribution >= 0.6 is 15.9 Å². The molecule has 0 spiro atoms. The van der Waals surface area contributed by atoms with Gasteiger partial charge < -0.3 is 4.74 Å². The summed E-state index contributed by atoms with van der Waals surface area (Å²) in [4.78, 5) is 42.8. The number of carbonyl (C=O) groups excluding carboxylic acids is 3. The molecule has 0 saturated carbocycles. The summed E-state index contributed by atoms with van der Waals surface area (Å²) in [6.45, 7) is 0. The third-order valence-electron chi connectivity index (χ3n) is 8.75. The van der Waals surface area contributed by atoms with Crippen LogP contribution < -0.4 is 15.1 Å². The molecule has 7 nitrogen and oxygen atoms in total. The van der Waals surface area contributed by atoms with Gasteiger partial charge in [-0.05, 0) is 64.2 Å². The largest absolute Gasteiger partial charge is 0.497 e. The fraction of sp³-hybridized carbons (Fsp3) is 0.176. The van der Waals surface area contributed by atoms with E-state index in [1.807, 2.05) is 72.8 Å². The Labute approximate surface area is 251 Å². The van der Waals surface area contributed by atoms with Crippen LogP contribution in [-0.2, 0) is 26.2 Å². The second-order valence-electron chi connectivity index (χ2n) is 10.8. The first-order chi connectivity index (χ1) is 20.4. The number of hydrazone groups is 1. The van der Waals surface area contributed by atoms with Crippen LogP contribution in [0, 0.1) is 11.8 Å². The molecule has 1 heterocycles. The number of rotatable bonds is 6. The summed E-state index contributed by atoms with van der Waals surface area (Å²) in [5.74, 6) is -1.65. The highest BCUT2D eigenvalue weighted by Gasteiger charge is 2.68. The molecule has 208 valence electrons. The van der Waals surface area contributed by atoms with Crippen molar-refractivity contribution >= 4 is 45.6 Å². The molecule has 1 fully saturated rings. The Hall–Kier alpha value is -4.56. The van der Waals surface area contributed by atoms with Crippen molar-refractivity contribution in [3.05, 3.63) is 129 Å². The quantitative estimate of drug-likeness (QED) is 0.179. The van der Waals surface area contributed by atoms with Crippen molar-refractivity contribution in [2.45, 2.75) is 17.8 Å². The average molecular weight is 621 g/mol. The number of amides is 3. The maximum atomic E-state index is 14.4. The maximum Gasteiger partial charge on any atom is 0.244 e. The normalized spacial score (nSPS) is 23.5. The summed E-state index contributed by atoms with van der Waals surface area (Å²) >= 11 is 3.44. The molecule has 2 bridgehead atoms. The lowest BCUT2D eigenvalue weighted by molar-refractivity contribution is -0.123. The van der Waals surface area contributed by atoms with E-state index in [4.69, 9.17) is 4.74 Å². The third-order valence-corrected chi connectivity index (χ3v) is 9.28. The monoisotopic (exact) mass is 619 g/mol. The van der Waals surface area contributed by atoms with Gasteiger partial charge in [0.2, 0.25) is 17.7 Å². The van der Waals surface area contributed by atoms with Gasteiger partial charge in [0.25, 0.3) is 0 Å². The molecule has 0 unspecified atom stereocenters. The minimum atomic E-state index is -1.04. The number of hydrogen-bond acceptors (Lipinski definition) is 5. The number of benzene rings is 4. The zero-order valence-electron chi connectivity index (χ0n) is 22.7. The summed E-state index contributed by atoms with van der Waals surface area (Å²) in [6.07, 6.45) is 1.81. The summed E-state index contributed by atoms with van der Waals surface area (Å²) in [5.41, 5.74) is 6.87. The van der Waals surface area contributed by atoms with Crippen molar-refractivity contribution in [1.82, 2.24) is 5.43 Å². The molecule has 1 N–H and O–H groups in total. The molecule has 4 aromatic rings. The zero-order valence-corrected chi connectivity index (χ0v) is 24.2. The van der Waals surface area contributed by atoms with E-state index in [2.05, 4.69) is 26.5 Å². The van der Waals surface area contributed by atoms with Gasteiger partial charge in [-0.3, -0.25) is 14.4 Å². The van der Waals surface area contributed by atoms with Crippen LogP contribution in [0.3, 0.4) is 0 Å². The Morgan fingerprint density at radius 3 is 2.14 bits per heavy atom. The first-order valence-corrected chi connectivity index (χ1v) is 14.5. The minimum Gasteiger partial charge on any atom is -0.497 e. The number of imide groups is 1. The van der Waals surface area contributed by atoms with Gasteiger partial charge in [-0.15, -0.1) is 0 Å². The lowest BCUT2D eigenvalue weighted by Gasteiger charge is -2.52. The Morgan fingerprint density at radius 2 is 1.52 bits per heavy atom. The van der Waals surface area contributed by atoms with Gasteiger partial charge >= 0.3 is 0 Å². The average Bonchev–Trinajstić information content (AvgIpc) is 3.28. The number of carbonyl (C=O) groups is 3. The Kier molecular flexibility index (Phi) is 6.31. The number of nitrogens with zero attached hydrogens (tertiary/aromatic N) is 2. The molecule has 8 rings (SSSR count). The predicted molar refractivity (Wildman–Crippen MR) is 162 cm³/mol. The second kappa shape index (κ2) is 10.1. The van der Waals surface area contributed by atoms with Crippen LogP contribution in [-0.4, -0.2) is 31.0 Å². The zero-order chi connectivity index (χ0) is 29.0. The van der Waals surface area contributed by atoms with Gasteiger partial charge in [0.15, 0.2) is 0 Å². The van der Waals surface area contributed by atoms with E-state index in [-0.39, 0.29) is 30.1 Å². The number of ether oxygens (including phenoxy) is 1. The van der Waals surface area contributed by atoms with Crippen molar-refractivity contribution < 1.29 is 19.1 Å². The van der Waals surface area contributed by atoms with E-state index in [1.165, 1.54) is 4.90 Å². The van der Waals surface area contributed by atoms with Crippen LogP contribution in [0.15, 0.2) is 107 Å². The molecule has 42 heavy (non-hydrogen) atoms. The van der Waals surface area contributed by atoms with Crippen molar-refractivity contribution in [3.8, 4) is 5.75 Å². The first kappa shape index (κ1) is 26.3. The molecular weight excluding hydrogens is 594 g/mol. The van der Waals surface area contributed by atoms with Gasteiger partial charge in [0.05, 0.1) is 36.5 Å². The fourth-order valence-electron chi connectivity index (χ4n) is 7.07. The lowest BCUT2D eigenvalue weighted by atomic mass is 9.47. The van der Waals surface area contributed by atoms with Crippen molar-refractivity contribution in [1.29, 1.82) is 0 Å². The number of halogens is 1. The van der Waals surface area contributed by atoms with E-state index in [0.717, 1.165) is 32.3 Å². The molecule has 8 heteroatoms. The number of hydrogen-bond donors (Lipinski definition) is 1. The molecule has 4 aliphatic rings. The van der Waals surface area contributed by atoms with E-state index in [9.17, 15) is 14.4 Å². The Balaban J connectivity index is 1.32. The summed E-state index contributed by atoms with van der Waals surface area (Å²) < 4.78 is 6.06. The van der Waals surface area contributed by atoms with E-state index in [1.54, 1.807) is 37.6 Å². The summed E-state index contributed by atoms with van der Waals surface area (Å²) in [7, 11) is 1.59. The van der Waals surface area contributed by atoms with E-state index in [0.29, 0.717) is 11.4 Å². The topological polar surface area (TPSA) is 88.1 Å². The highest BCUT2D eigenvalue weighted by molar-refractivity contribution is 9.10. The third kappa shape index (κ3) is 3.85. The van der Waals surface area contributed by atoms with Crippen molar-refractivity contribution in [3.63, 3.8) is 0 Å². The standard InChI is InChI=1S/C34H26BrN3O4/c1-42-23-16-10-20(11-17-23)18-28(39)37-36-19-34-26-8-4-2-6-24(26)29(25-7-3-5-9-27(25)34)30-31(34)33(41)38(32(30)40)22-14-12-21(35)13-15-22/h2-17,19,29-31H,18H2,1H3,(H,37,39)/b36-19-/t29?,30-,31+,34?/m1/s1.